The number of halogens is 1. The van der Waals surface area contributed by atoms with Crippen LogP contribution in [0.15, 0.2) is 35.2 Å². The first-order chi connectivity index (χ1) is 12.3. The second-order valence-electron chi connectivity index (χ2n) is 6.28. The monoisotopic (exact) mass is 395 g/mol. The Morgan fingerprint density at radius 3 is 2.81 bits per heavy atom. The lowest BCUT2D eigenvalue weighted by Gasteiger charge is -2.20. The number of benzene rings is 1. The molecule has 3 rings (SSSR count). The number of amides is 1. The molecule has 0 spiro atoms. The second kappa shape index (κ2) is 11.2. The fourth-order valence-electron chi connectivity index (χ4n) is 2.89. The third-order valence-electron chi connectivity index (χ3n) is 4.35. The van der Waals surface area contributed by atoms with Crippen LogP contribution in [0.4, 0.5) is 0 Å². The highest BCUT2D eigenvalue weighted by molar-refractivity contribution is 7.07. The Balaban J connectivity index is 0.00000243. The first kappa shape index (κ1) is 20.7. The molecule has 1 saturated heterocycles. The highest BCUT2D eigenvalue weighted by atomic mass is 35.5. The molecule has 1 aliphatic heterocycles. The molecule has 1 N–H and O–H groups in total. The van der Waals surface area contributed by atoms with Crippen LogP contribution in [0.25, 0.3) is 0 Å². The number of likely N-dealkylation sites (tertiary alicyclic amines) is 1. The smallest absolute Gasteiger partial charge is 0.222 e. The van der Waals surface area contributed by atoms with Crippen LogP contribution in [0.3, 0.4) is 0 Å². The lowest BCUT2D eigenvalue weighted by molar-refractivity contribution is -0.130. The maximum absolute atomic E-state index is 11.9. The Hall–Kier alpha value is -1.63. The zero-order chi connectivity index (χ0) is 17.3. The Morgan fingerprint density at radius 1 is 1.19 bits per heavy atom. The molecule has 1 fully saturated rings. The number of aromatic nitrogens is 1. The molecule has 0 aliphatic carbocycles. The summed E-state index contributed by atoms with van der Waals surface area (Å²) in [7, 11) is 0. The lowest BCUT2D eigenvalue weighted by atomic mass is 10.2. The molecule has 0 radical (unpaired) electrons. The number of hydrogen-bond donors (Lipinski definition) is 1. The van der Waals surface area contributed by atoms with Crippen LogP contribution in [-0.2, 0) is 17.9 Å². The highest BCUT2D eigenvalue weighted by Gasteiger charge is 2.15. The van der Waals surface area contributed by atoms with Crippen molar-refractivity contribution in [3.63, 3.8) is 0 Å². The van der Waals surface area contributed by atoms with Crippen LogP contribution in [0, 0.1) is 0 Å². The van der Waals surface area contributed by atoms with E-state index in [1.165, 1.54) is 12.0 Å². The van der Waals surface area contributed by atoms with Crippen molar-refractivity contribution >= 4 is 29.7 Å². The van der Waals surface area contributed by atoms with Gasteiger partial charge in [-0.15, -0.1) is 23.7 Å². The maximum Gasteiger partial charge on any atom is 0.222 e. The van der Waals surface area contributed by atoms with Gasteiger partial charge in [0.25, 0.3) is 0 Å². The fraction of sp³-hybridized carbons (Fsp3) is 0.474. The molecule has 2 heterocycles. The van der Waals surface area contributed by atoms with E-state index >= 15 is 0 Å². The van der Waals surface area contributed by atoms with Crippen LogP contribution in [0.2, 0.25) is 0 Å². The van der Waals surface area contributed by atoms with E-state index in [9.17, 15) is 4.79 Å². The summed E-state index contributed by atoms with van der Waals surface area (Å²) in [5.41, 5.74) is 3.98. The molecule has 1 aromatic heterocycles. The largest absolute Gasteiger partial charge is 0.487 e. The van der Waals surface area contributed by atoms with Crippen LogP contribution in [0.1, 0.15) is 36.9 Å². The third-order valence-corrected chi connectivity index (χ3v) is 4.99. The van der Waals surface area contributed by atoms with E-state index in [2.05, 4.69) is 22.4 Å². The lowest BCUT2D eigenvalue weighted by Crippen LogP contribution is -2.36. The summed E-state index contributed by atoms with van der Waals surface area (Å²) >= 11 is 1.58. The third kappa shape index (κ3) is 6.59. The van der Waals surface area contributed by atoms with Gasteiger partial charge in [0.1, 0.15) is 12.4 Å². The van der Waals surface area contributed by atoms with Crippen molar-refractivity contribution in [2.75, 3.05) is 19.6 Å². The number of nitrogens with one attached hydrogen (secondary N) is 1. The number of hydrogen-bond acceptors (Lipinski definition) is 5. The Labute approximate surface area is 165 Å². The van der Waals surface area contributed by atoms with Crippen LogP contribution >= 0.6 is 23.7 Å². The molecule has 5 nitrogen and oxygen atoms in total. The van der Waals surface area contributed by atoms with Gasteiger partial charge >= 0.3 is 0 Å². The van der Waals surface area contributed by atoms with E-state index in [-0.39, 0.29) is 12.4 Å². The van der Waals surface area contributed by atoms with Crippen molar-refractivity contribution in [2.45, 2.75) is 38.8 Å². The molecule has 7 heteroatoms. The van der Waals surface area contributed by atoms with Gasteiger partial charge in [0.15, 0.2) is 0 Å². The summed E-state index contributed by atoms with van der Waals surface area (Å²) in [5, 5.41) is 5.41. The van der Waals surface area contributed by atoms with Crippen molar-refractivity contribution in [1.29, 1.82) is 0 Å². The van der Waals surface area contributed by atoms with Crippen molar-refractivity contribution in [2.24, 2.45) is 0 Å². The number of carbonyl (C=O) groups excluding carboxylic acids is 1. The van der Waals surface area contributed by atoms with Gasteiger partial charge in [0, 0.05) is 38.0 Å². The van der Waals surface area contributed by atoms with Gasteiger partial charge < -0.3 is 15.0 Å². The van der Waals surface area contributed by atoms with Crippen LogP contribution < -0.4 is 10.1 Å². The standard InChI is InChI=1S/C19H25N3O2S.ClH/c23-19-4-2-1-3-10-22(19)11-9-20-12-16-5-7-18(8-6-16)24-13-17-14-25-15-21-17;/h5-8,14-15,20H,1-4,9-13H2;1H. The number of carbonyl (C=O) groups is 1. The predicted molar refractivity (Wildman–Crippen MR) is 107 cm³/mol. The van der Waals surface area contributed by atoms with Gasteiger partial charge in [-0.25, -0.2) is 4.98 Å². The van der Waals surface area contributed by atoms with Crippen LogP contribution in [0.5, 0.6) is 5.75 Å². The number of thiazole rings is 1. The zero-order valence-electron chi connectivity index (χ0n) is 14.9. The summed E-state index contributed by atoms with van der Waals surface area (Å²) in [6.07, 6.45) is 4.06. The maximum atomic E-state index is 11.9. The molecule has 26 heavy (non-hydrogen) atoms. The topological polar surface area (TPSA) is 54.5 Å². The van der Waals surface area contributed by atoms with Crippen molar-refractivity contribution in [3.05, 3.63) is 46.4 Å². The molecule has 0 atom stereocenters. The van der Waals surface area contributed by atoms with Gasteiger partial charge in [-0.05, 0) is 30.5 Å². The molecule has 2 aromatic rings. The molecule has 0 unspecified atom stereocenters. The number of nitrogens with zero attached hydrogens (tertiary/aromatic N) is 2. The van der Waals surface area contributed by atoms with Gasteiger partial charge in [-0.1, -0.05) is 18.6 Å². The molecular weight excluding hydrogens is 370 g/mol. The Kier molecular flexibility index (Phi) is 8.88. The van der Waals surface area contributed by atoms with E-state index in [1.807, 2.05) is 27.9 Å². The minimum absolute atomic E-state index is 0. The van der Waals surface area contributed by atoms with E-state index in [0.29, 0.717) is 18.9 Å². The van der Waals surface area contributed by atoms with E-state index < -0.39 is 0 Å². The molecule has 1 amide bonds. The first-order valence-electron chi connectivity index (χ1n) is 8.88. The minimum Gasteiger partial charge on any atom is -0.487 e. The average Bonchev–Trinajstić information content (AvgIpc) is 3.07. The fourth-order valence-corrected chi connectivity index (χ4v) is 3.43. The predicted octanol–water partition coefficient (Wildman–Crippen LogP) is 3.64. The second-order valence-corrected chi connectivity index (χ2v) is 7.00. The van der Waals surface area contributed by atoms with Crippen molar-refractivity contribution in [3.8, 4) is 5.75 Å². The summed E-state index contributed by atoms with van der Waals surface area (Å²) < 4.78 is 5.71. The Morgan fingerprint density at radius 2 is 2.04 bits per heavy atom. The van der Waals surface area contributed by atoms with Gasteiger partial charge in [0.05, 0.1) is 11.2 Å². The first-order valence-corrected chi connectivity index (χ1v) is 9.83. The number of rotatable bonds is 8. The molecule has 142 valence electrons. The van der Waals surface area contributed by atoms with Gasteiger partial charge in [-0.2, -0.15) is 0 Å². The van der Waals surface area contributed by atoms with Gasteiger partial charge in [-0.3, -0.25) is 4.79 Å². The molecule has 0 saturated carbocycles. The van der Waals surface area contributed by atoms with E-state index in [4.69, 9.17) is 4.74 Å². The quantitative estimate of drug-likeness (QED) is 0.693. The van der Waals surface area contributed by atoms with E-state index in [1.54, 1.807) is 11.3 Å². The molecule has 1 aliphatic rings. The average molecular weight is 396 g/mol. The molecule has 1 aromatic carbocycles. The summed E-state index contributed by atoms with van der Waals surface area (Å²) in [4.78, 5) is 18.1. The van der Waals surface area contributed by atoms with Crippen LogP contribution in [-0.4, -0.2) is 35.4 Å². The van der Waals surface area contributed by atoms with Crippen molar-refractivity contribution in [1.82, 2.24) is 15.2 Å². The SMILES string of the molecule is Cl.O=C1CCCCCN1CCNCc1ccc(OCc2cscn2)cc1. The molecule has 0 bridgehead atoms. The number of ether oxygens (including phenoxy) is 1. The summed E-state index contributed by atoms with van der Waals surface area (Å²) in [6.45, 7) is 3.84. The zero-order valence-corrected chi connectivity index (χ0v) is 16.5. The van der Waals surface area contributed by atoms with Crippen molar-refractivity contribution < 1.29 is 9.53 Å². The van der Waals surface area contributed by atoms with Gasteiger partial charge in [0.2, 0.25) is 5.91 Å². The normalized spacial score (nSPS) is 14.6. The minimum atomic E-state index is 0. The Bertz CT molecular complexity index is 649. The molecular formula is C19H26ClN3O2S. The summed E-state index contributed by atoms with van der Waals surface area (Å²) in [5.74, 6) is 1.16. The summed E-state index contributed by atoms with van der Waals surface area (Å²) in [6, 6.07) is 8.12. The highest BCUT2D eigenvalue weighted by Crippen LogP contribution is 2.14. The van der Waals surface area contributed by atoms with E-state index in [0.717, 1.165) is 50.5 Å².